The van der Waals surface area contributed by atoms with Gasteiger partial charge in [0.05, 0.1) is 0 Å². The van der Waals surface area contributed by atoms with Crippen molar-refractivity contribution in [2.75, 3.05) is 0 Å². The Balaban J connectivity index is 3.02. The Morgan fingerprint density at radius 2 is 1.20 bits per heavy atom. The van der Waals surface area contributed by atoms with Gasteiger partial charge in [-0.25, -0.2) is 0 Å². The molecule has 1 unspecified atom stereocenters. The second-order valence-corrected chi connectivity index (χ2v) is 5.75. The van der Waals surface area contributed by atoms with Gasteiger partial charge in [0, 0.05) is 0 Å². The van der Waals surface area contributed by atoms with Crippen molar-refractivity contribution in [3.63, 3.8) is 0 Å². The molecule has 5 heteroatoms. The van der Waals surface area contributed by atoms with E-state index in [0.717, 1.165) is 0 Å². The van der Waals surface area contributed by atoms with Crippen LogP contribution in [-0.2, 0) is 0 Å². The normalized spacial score (nSPS) is 12.0. The van der Waals surface area contributed by atoms with Crippen molar-refractivity contribution in [1.29, 1.82) is 0 Å². The van der Waals surface area contributed by atoms with E-state index in [1.165, 1.54) is 0 Å². The Kier molecular flexibility index (Phi) is 1.50. The molecule has 0 heterocycles. The minimum absolute atomic E-state index is 0.0694. The summed E-state index contributed by atoms with van der Waals surface area (Å²) in [7, 11) is -5.05. The summed E-state index contributed by atoms with van der Waals surface area (Å²) in [6.45, 7) is 0. The van der Waals surface area contributed by atoms with Crippen molar-refractivity contribution >= 4 is 23.7 Å². The summed E-state index contributed by atoms with van der Waals surface area (Å²) in [4.78, 5) is 0. The minimum atomic E-state index is -5.05. The second kappa shape index (κ2) is 1.35. The van der Waals surface area contributed by atoms with Crippen LogP contribution in [0.25, 0.3) is 0 Å². The fraction of sp³-hybridized carbons (Fsp3) is 0. The summed E-state index contributed by atoms with van der Waals surface area (Å²) in [6, 6.07) is 0. The first kappa shape index (κ1) is 5.57. The van der Waals surface area contributed by atoms with Gasteiger partial charge in [0.15, 0.2) is 0 Å². The predicted molar refractivity (Wildman–Crippen MR) is 17.6 cm³/mol. The van der Waals surface area contributed by atoms with Gasteiger partial charge in [-0.3, -0.25) is 0 Å². The van der Waals surface area contributed by atoms with E-state index in [1.807, 2.05) is 0 Å². The third kappa shape index (κ3) is 94.0. The molecular weight excluding hydrogens is 160 g/mol. The monoisotopic (exact) mass is 162 g/mol. The van der Waals surface area contributed by atoms with Gasteiger partial charge >= 0.3 is 36.1 Å². The van der Waals surface area contributed by atoms with Crippen LogP contribution in [0, 0.1) is 0 Å². The molecular formula is H2AsF3Si. The second-order valence-electron chi connectivity index (χ2n) is 0.542. The summed E-state index contributed by atoms with van der Waals surface area (Å²) >= 11 is -0.0694. The Morgan fingerprint density at radius 1 is 1.20 bits per heavy atom. The molecule has 0 radical (unpaired) electrons. The summed E-state index contributed by atoms with van der Waals surface area (Å²) in [5, 5.41) is 0. The van der Waals surface area contributed by atoms with Crippen LogP contribution in [-0.4, -0.2) is 23.7 Å². The average Bonchev–Trinajstić information content (AvgIpc) is 0.722. The van der Waals surface area contributed by atoms with Crippen molar-refractivity contribution in [2.24, 2.45) is 0 Å². The van der Waals surface area contributed by atoms with E-state index in [2.05, 4.69) is 0 Å². The Hall–Kier alpha value is 0.565. The first-order chi connectivity index (χ1) is 2.00. The van der Waals surface area contributed by atoms with E-state index < -0.39 is 7.54 Å². The molecule has 0 fully saturated rings. The molecule has 0 aliphatic heterocycles. The zero-order valence-corrected chi connectivity index (χ0v) is 5.63. The SMILES string of the molecule is F[Si](F)(F)[AsH2]. The van der Waals surface area contributed by atoms with Crippen LogP contribution in [0.5, 0.6) is 0 Å². The van der Waals surface area contributed by atoms with Crippen LogP contribution in [0.1, 0.15) is 0 Å². The van der Waals surface area contributed by atoms with Crippen molar-refractivity contribution in [3.05, 3.63) is 0 Å². The third-order valence-corrected chi connectivity index (χ3v) is 0. The molecule has 0 spiro atoms. The quantitative estimate of drug-likeness (QED) is 0.346. The standard InChI is InChI=1S/AsF3H2Si/c1-5(2,3)4/h1H2. The van der Waals surface area contributed by atoms with Crippen molar-refractivity contribution in [1.82, 2.24) is 0 Å². The van der Waals surface area contributed by atoms with E-state index >= 15 is 0 Å². The molecule has 0 N–H and O–H groups in total. The molecule has 0 saturated heterocycles. The van der Waals surface area contributed by atoms with Gasteiger partial charge in [-0.1, -0.05) is 0 Å². The summed E-state index contributed by atoms with van der Waals surface area (Å²) in [6.07, 6.45) is 0. The number of halogens is 3. The van der Waals surface area contributed by atoms with Gasteiger partial charge in [0.1, 0.15) is 0 Å². The topological polar surface area (TPSA) is 0 Å². The van der Waals surface area contributed by atoms with E-state index in [0.29, 0.717) is 0 Å². The molecule has 0 aliphatic carbocycles. The van der Waals surface area contributed by atoms with E-state index in [4.69, 9.17) is 0 Å². The van der Waals surface area contributed by atoms with E-state index in [9.17, 15) is 12.3 Å². The van der Waals surface area contributed by atoms with Gasteiger partial charge in [0.25, 0.3) is 0 Å². The number of hydrogen-bond acceptors (Lipinski definition) is 0. The third-order valence-electron chi connectivity index (χ3n) is 0. The van der Waals surface area contributed by atoms with Crippen molar-refractivity contribution in [3.8, 4) is 0 Å². The molecule has 0 amide bonds. The van der Waals surface area contributed by atoms with Crippen molar-refractivity contribution in [2.45, 2.75) is 0 Å². The predicted octanol–water partition coefficient (Wildman–Crippen LogP) is -0.0364. The molecule has 0 aromatic rings. The molecule has 1 atom stereocenters. The van der Waals surface area contributed by atoms with Crippen LogP contribution in [0.3, 0.4) is 0 Å². The Morgan fingerprint density at radius 3 is 1.20 bits per heavy atom. The van der Waals surface area contributed by atoms with Gasteiger partial charge in [-0.05, 0) is 0 Å². The van der Waals surface area contributed by atoms with Crippen LogP contribution < -0.4 is 0 Å². The van der Waals surface area contributed by atoms with Crippen LogP contribution in [0.2, 0.25) is 0 Å². The zero-order chi connectivity index (χ0) is 4.50. The van der Waals surface area contributed by atoms with E-state index in [1.54, 1.807) is 0 Å². The molecule has 0 saturated carbocycles. The average molecular weight is 162 g/mol. The van der Waals surface area contributed by atoms with Crippen molar-refractivity contribution < 1.29 is 12.3 Å². The first-order valence-corrected chi connectivity index (χ1v) is 6.20. The maximum absolute atomic E-state index is 10.5. The van der Waals surface area contributed by atoms with Gasteiger partial charge in [-0.2, -0.15) is 0 Å². The zero-order valence-electron chi connectivity index (χ0n) is 2.21. The Bertz CT molecular complexity index is 22.4. The summed E-state index contributed by atoms with van der Waals surface area (Å²) in [5.41, 5.74) is 0. The van der Waals surface area contributed by atoms with Crippen LogP contribution >= 0.6 is 0 Å². The molecule has 0 aliphatic rings. The molecule has 0 bridgehead atoms. The fourth-order valence-electron chi connectivity index (χ4n) is 0. The van der Waals surface area contributed by atoms with Crippen LogP contribution in [0.4, 0.5) is 12.3 Å². The molecule has 32 valence electrons. The van der Waals surface area contributed by atoms with Gasteiger partial charge in [-0.15, -0.1) is 0 Å². The van der Waals surface area contributed by atoms with Gasteiger partial charge < -0.3 is 0 Å². The van der Waals surface area contributed by atoms with Crippen LogP contribution in [0.15, 0.2) is 0 Å². The first-order valence-electron chi connectivity index (χ1n) is 0.856. The molecule has 0 nitrogen and oxygen atoms in total. The Labute approximate surface area is 36.8 Å². The maximum atomic E-state index is 10.5. The summed E-state index contributed by atoms with van der Waals surface area (Å²) < 4.78 is 31.6. The van der Waals surface area contributed by atoms with E-state index in [-0.39, 0.29) is 16.2 Å². The fourth-order valence-corrected chi connectivity index (χ4v) is 0. The molecule has 5 heavy (non-hydrogen) atoms. The summed E-state index contributed by atoms with van der Waals surface area (Å²) in [5.74, 6) is 0. The molecule has 0 aromatic carbocycles. The van der Waals surface area contributed by atoms with Gasteiger partial charge in [0.2, 0.25) is 0 Å². The number of rotatable bonds is 0. The molecule has 0 rings (SSSR count). The molecule has 0 aromatic heterocycles. The number of hydrogen-bond donors (Lipinski definition) is 0.